The molecule has 0 atom stereocenters. The van der Waals surface area contributed by atoms with Crippen molar-refractivity contribution in [1.82, 2.24) is 4.98 Å². The number of rotatable bonds is 1. The van der Waals surface area contributed by atoms with Crippen LogP contribution in [-0.2, 0) is 4.74 Å². The van der Waals surface area contributed by atoms with E-state index in [4.69, 9.17) is 4.74 Å². The molecule has 0 fully saturated rings. The largest absolute Gasteiger partial charge is 0.474 e. The van der Waals surface area contributed by atoms with Gasteiger partial charge in [-0.25, -0.2) is 4.99 Å². The van der Waals surface area contributed by atoms with E-state index in [2.05, 4.69) is 9.98 Å². The van der Waals surface area contributed by atoms with E-state index in [0.29, 0.717) is 12.5 Å². The van der Waals surface area contributed by atoms with Crippen molar-refractivity contribution < 1.29 is 4.74 Å². The molecule has 0 aromatic carbocycles. The van der Waals surface area contributed by atoms with Crippen LogP contribution in [0.3, 0.4) is 0 Å². The van der Waals surface area contributed by atoms with Gasteiger partial charge in [-0.1, -0.05) is 6.07 Å². The summed E-state index contributed by atoms with van der Waals surface area (Å²) < 4.78 is 5.27. The van der Waals surface area contributed by atoms with E-state index in [1.165, 1.54) is 0 Å². The minimum Gasteiger partial charge on any atom is -0.474 e. The van der Waals surface area contributed by atoms with Crippen molar-refractivity contribution in [2.45, 2.75) is 6.92 Å². The fourth-order valence-corrected chi connectivity index (χ4v) is 1.08. The maximum absolute atomic E-state index is 5.27. The van der Waals surface area contributed by atoms with Crippen molar-refractivity contribution in [2.75, 3.05) is 13.2 Å². The van der Waals surface area contributed by atoms with Gasteiger partial charge in [0.2, 0.25) is 5.90 Å². The topological polar surface area (TPSA) is 34.5 Å². The minimum atomic E-state index is 0.676. The highest BCUT2D eigenvalue weighted by atomic mass is 16.5. The van der Waals surface area contributed by atoms with Crippen LogP contribution in [0.2, 0.25) is 0 Å². The number of aryl methyl sites for hydroxylation is 1. The number of ether oxygens (including phenoxy) is 1. The zero-order valence-corrected chi connectivity index (χ0v) is 6.95. The van der Waals surface area contributed by atoms with Gasteiger partial charge in [-0.15, -0.1) is 0 Å². The molecule has 0 radical (unpaired) electrons. The molecular weight excluding hydrogens is 152 g/mol. The van der Waals surface area contributed by atoms with Gasteiger partial charge in [0.25, 0.3) is 0 Å². The molecule has 3 heteroatoms. The molecule has 12 heavy (non-hydrogen) atoms. The predicted molar refractivity (Wildman–Crippen MR) is 46.3 cm³/mol. The Kier molecular flexibility index (Phi) is 1.78. The maximum Gasteiger partial charge on any atom is 0.235 e. The van der Waals surface area contributed by atoms with Gasteiger partial charge in [-0.3, -0.25) is 4.98 Å². The molecule has 0 bridgehead atoms. The number of aliphatic imine (C=N–C) groups is 1. The summed E-state index contributed by atoms with van der Waals surface area (Å²) in [5.41, 5.74) is 1.98. The summed E-state index contributed by atoms with van der Waals surface area (Å²) in [6.45, 7) is 3.45. The Morgan fingerprint density at radius 2 is 2.33 bits per heavy atom. The molecule has 0 saturated heterocycles. The Morgan fingerprint density at radius 1 is 1.42 bits per heavy atom. The number of nitrogens with zero attached hydrogens (tertiary/aromatic N) is 2. The van der Waals surface area contributed by atoms with Crippen LogP contribution in [0.4, 0.5) is 0 Å². The summed E-state index contributed by atoms with van der Waals surface area (Å²) in [7, 11) is 0. The Labute approximate surface area is 71.1 Å². The first kappa shape index (κ1) is 7.28. The Morgan fingerprint density at radius 3 is 2.92 bits per heavy atom. The van der Waals surface area contributed by atoms with E-state index in [9.17, 15) is 0 Å². The number of hydrogen-bond acceptors (Lipinski definition) is 3. The summed E-state index contributed by atoms with van der Waals surface area (Å²) in [5.74, 6) is 0.676. The third-order valence-electron chi connectivity index (χ3n) is 1.72. The first-order chi connectivity index (χ1) is 5.86. The molecule has 0 N–H and O–H groups in total. The van der Waals surface area contributed by atoms with Crippen LogP contribution < -0.4 is 0 Å². The lowest BCUT2D eigenvalue weighted by Gasteiger charge is -1.99. The first-order valence-corrected chi connectivity index (χ1v) is 3.96. The van der Waals surface area contributed by atoms with E-state index in [1.807, 2.05) is 25.3 Å². The van der Waals surface area contributed by atoms with Crippen LogP contribution in [0.15, 0.2) is 23.3 Å². The highest BCUT2D eigenvalue weighted by Crippen LogP contribution is 2.05. The second-order valence-corrected chi connectivity index (χ2v) is 2.76. The van der Waals surface area contributed by atoms with Crippen LogP contribution in [-0.4, -0.2) is 24.0 Å². The third kappa shape index (κ3) is 1.30. The highest BCUT2D eigenvalue weighted by molar-refractivity contribution is 5.92. The van der Waals surface area contributed by atoms with Crippen LogP contribution in [0.25, 0.3) is 0 Å². The van der Waals surface area contributed by atoms with Gasteiger partial charge < -0.3 is 4.74 Å². The second-order valence-electron chi connectivity index (χ2n) is 2.76. The molecule has 0 saturated carbocycles. The average Bonchev–Trinajstić information content (AvgIpc) is 2.58. The zero-order chi connectivity index (χ0) is 8.39. The monoisotopic (exact) mass is 162 g/mol. The van der Waals surface area contributed by atoms with E-state index >= 15 is 0 Å². The van der Waals surface area contributed by atoms with Crippen LogP contribution in [0.1, 0.15) is 11.3 Å². The number of aromatic nitrogens is 1. The Balaban J connectivity index is 2.28. The van der Waals surface area contributed by atoms with Crippen molar-refractivity contribution >= 4 is 5.90 Å². The summed E-state index contributed by atoms with van der Waals surface area (Å²) >= 11 is 0. The molecule has 0 unspecified atom stereocenters. The van der Waals surface area contributed by atoms with Gasteiger partial charge in [0, 0.05) is 6.20 Å². The lowest BCUT2D eigenvalue weighted by molar-refractivity contribution is 0.347. The molecule has 3 nitrogen and oxygen atoms in total. The van der Waals surface area contributed by atoms with Crippen LogP contribution in [0.5, 0.6) is 0 Å². The lowest BCUT2D eigenvalue weighted by Crippen LogP contribution is -2.03. The Hall–Kier alpha value is -1.38. The smallest absolute Gasteiger partial charge is 0.235 e. The van der Waals surface area contributed by atoms with Gasteiger partial charge in [-0.05, 0) is 18.6 Å². The summed E-state index contributed by atoms with van der Waals surface area (Å²) in [6, 6.07) is 3.94. The molecule has 1 aliphatic rings. The molecule has 1 aliphatic heterocycles. The average molecular weight is 162 g/mol. The minimum absolute atomic E-state index is 0.676. The fourth-order valence-electron chi connectivity index (χ4n) is 1.08. The number of hydrogen-bond donors (Lipinski definition) is 0. The quantitative estimate of drug-likeness (QED) is 0.621. The van der Waals surface area contributed by atoms with Crippen molar-refractivity contribution in [3.8, 4) is 0 Å². The van der Waals surface area contributed by atoms with Crippen molar-refractivity contribution in [1.29, 1.82) is 0 Å². The fraction of sp³-hybridized carbons (Fsp3) is 0.333. The summed E-state index contributed by atoms with van der Waals surface area (Å²) in [4.78, 5) is 8.37. The molecule has 1 aromatic rings. The van der Waals surface area contributed by atoms with Crippen molar-refractivity contribution in [2.24, 2.45) is 4.99 Å². The first-order valence-electron chi connectivity index (χ1n) is 3.96. The van der Waals surface area contributed by atoms with Gasteiger partial charge in [0.15, 0.2) is 0 Å². The Bertz CT molecular complexity index is 303. The van der Waals surface area contributed by atoms with Crippen molar-refractivity contribution in [3.63, 3.8) is 0 Å². The van der Waals surface area contributed by atoms with Gasteiger partial charge in [0.1, 0.15) is 12.3 Å². The molecule has 1 aromatic heterocycles. The normalized spacial score (nSPS) is 15.6. The van der Waals surface area contributed by atoms with E-state index < -0.39 is 0 Å². The maximum atomic E-state index is 5.27. The van der Waals surface area contributed by atoms with Crippen molar-refractivity contribution in [3.05, 3.63) is 29.6 Å². The third-order valence-corrected chi connectivity index (χ3v) is 1.72. The summed E-state index contributed by atoms with van der Waals surface area (Å²) in [5, 5.41) is 0. The van der Waals surface area contributed by atoms with Gasteiger partial charge in [0.05, 0.1) is 6.54 Å². The molecule has 0 aliphatic carbocycles. The molecule has 62 valence electrons. The molecular formula is C9H10N2O. The van der Waals surface area contributed by atoms with Gasteiger partial charge in [-0.2, -0.15) is 0 Å². The van der Waals surface area contributed by atoms with Gasteiger partial charge >= 0.3 is 0 Å². The van der Waals surface area contributed by atoms with Crippen LogP contribution >= 0.6 is 0 Å². The SMILES string of the molecule is Cc1ccc(C2=NCCO2)nc1. The lowest BCUT2D eigenvalue weighted by atomic mass is 10.3. The zero-order valence-electron chi connectivity index (χ0n) is 6.95. The van der Waals surface area contributed by atoms with E-state index in [1.54, 1.807) is 0 Å². The molecule has 0 spiro atoms. The molecule has 2 heterocycles. The standard InChI is InChI=1S/C9H10N2O/c1-7-2-3-8(11-6-7)9-10-4-5-12-9/h2-3,6H,4-5H2,1H3. The van der Waals surface area contributed by atoms with E-state index in [-0.39, 0.29) is 0 Å². The second kappa shape index (κ2) is 2.93. The molecule has 2 rings (SSSR count). The number of pyridine rings is 1. The van der Waals surface area contributed by atoms with E-state index in [0.717, 1.165) is 17.8 Å². The molecule has 0 amide bonds. The highest BCUT2D eigenvalue weighted by Gasteiger charge is 2.10. The summed E-state index contributed by atoms with van der Waals surface area (Å²) in [6.07, 6.45) is 1.82. The van der Waals surface area contributed by atoms with Crippen LogP contribution in [0, 0.1) is 6.92 Å². The predicted octanol–water partition coefficient (Wildman–Crippen LogP) is 1.17.